The molecule has 0 aliphatic heterocycles. The first kappa shape index (κ1) is 12.3. The van der Waals surface area contributed by atoms with Gasteiger partial charge in [0.15, 0.2) is 0 Å². The third-order valence-corrected chi connectivity index (χ3v) is 3.68. The van der Waals surface area contributed by atoms with Crippen molar-refractivity contribution < 1.29 is 8.78 Å². The van der Waals surface area contributed by atoms with Gasteiger partial charge < -0.3 is 4.57 Å². The molecule has 0 spiro atoms. The molecule has 0 radical (unpaired) electrons. The zero-order valence-corrected chi connectivity index (χ0v) is 10.8. The number of hydrogen-bond acceptors (Lipinski definition) is 2. The van der Waals surface area contributed by atoms with Crippen molar-refractivity contribution in [2.45, 2.75) is 45.7 Å². The van der Waals surface area contributed by atoms with E-state index in [1.54, 1.807) is 0 Å². The van der Waals surface area contributed by atoms with Crippen LogP contribution in [0.5, 0.6) is 0 Å². The molecule has 4 nitrogen and oxygen atoms in total. The minimum Gasteiger partial charge on any atom is -0.324 e. The molecule has 0 saturated carbocycles. The van der Waals surface area contributed by atoms with E-state index in [-0.39, 0.29) is 0 Å². The van der Waals surface area contributed by atoms with Crippen molar-refractivity contribution in [3.05, 3.63) is 35.4 Å². The van der Waals surface area contributed by atoms with Gasteiger partial charge in [-0.05, 0) is 32.6 Å². The maximum atomic E-state index is 12.8. The molecule has 0 atom stereocenters. The number of aromatic nitrogens is 4. The minimum atomic E-state index is -2.54. The SMILES string of the molecule is Cc1nc2c(n1Cc1nccn1C(F)F)CCCC2. The maximum Gasteiger partial charge on any atom is 0.319 e. The number of rotatable bonds is 3. The number of hydrogen-bond donors (Lipinski definition) is 0. The van der Waals surface area contributed by atoms with E-state index < -0.39 is 6.55 Å². The predicted molar refractivity (Wildman–Crippen MR) is 66.2 cm³/mol. The summed E-state index contributed by atoms with van der Waals surface area (Å²) in [6, 6.07) is 0. The lowest BCUT2D eigenvalue weighted by Crippen LogP contribution is -2.14. The van der Waals surface area contributed by atoms with Gasteiger partial charge in [-0.15, -0.1) is 0 Å². The standard InChI is InChI=1S/C13H16F2N4/c1-9-17-10-4-2-3-5-11(10)19(9)8-12-16-6-7-18(12)13(14)15/h6-7,13H,2-5,8H2,1H3. The summed E-state index contributed by atoms with van der Waals surface area (Å²) in [4.78, 5) is 8.58. The molecule has 0 saturated heterocycles. The zero-order valence-electron chi connectivity index (χ0n) is 10.8. The average molecular weight is 266 g/mol. The Morgan fingerprint density at radius 2 is 2.11 bits per heavy atom. The third-order valence-electron chi connectivity index (χ3n) is 3.68. The van der Waals surface area contributed by atoms with Gasteiger partial charge >= 0.3 is 6.55 Å². The maximum absolute atomic E-state index is 12.8. The van der Waals surface area contributed by atoms with Crippen molar-refractivity contribution >= 4 is 0 Å². The topological polar surface area (TPSA) is 35.6 Å². The monoisotopic (exact) mass is 266 g/mol. The minimum absolute atomic E-state index is 0.367. The van der Waals surface area contributed by atoms with Crippen LogP contribution in [0.25, 0.3) is 0 Å². The molecule has 0 N–H and O–H groups in total. The summed E-state index contributed by atoms with van der Waals surface area (Å²) < 4.78 is 28.6. The number of alkyl halides is 2. The van der Waals surface area contributed by atoms with E-state index in [1.165, 1.54) is 18.1 Å². The molecule has 0 amide bonds. The van der Waals surface area contributed by atoms with Crippen LogP contribution in [0.3, 0.4) is 0 Å². The fourth-order valence-corrected chi connectivity index (χ4v) is 2.73. The Bertz CT molecular complexity index is 585. The molecule has 1 aliphatic carbocycles. The van der Waals surface area contributed by atoms with Gasteiger partial charge in [0.05, 0.1) is 12.2 Å². The van der Waals surface area contributed by atoms with Crippen LogP contribution in [0.4, 0.5) is 8.78 Å². The van der Waals surface area contributed by atoms with Crippen molar-refractivity contribution in [2.75, 3.05) is 0 Å². The highest BCUT2D eigenvalue weighted by Gasteiger charge is 2.20. The molecule has 2 heterocycles. The summed E-state index contributed by atoms with van der Waals surface area (Å²) in [5, 5.41) is 0. The predicted octanol–water partition coefficient (Wildman–Crippen LogP) is 2.71. The zero-order chi connectivity index (χ0) is 13.4. The second kappa shape index (κ2) is 4.75. The van der Waals surface area contributed by atoms with E-state index in [1.807, 2.05) is 11.5 Å². The van der Waals surface area contributed by atoms with Gasteiger partial charge in [0, 0.05) is 18.1 Å². The van der Waals surface area contributed by atoms with Gasteiger partial charge in [-0.25, -0.2) is 9.97 Å². The Morgan fingerprint density at radius 1 is 1.32 bits per heavy atom. The highest BCUT2D eigenvalue weighted by Crippen LogP contribution is 2.23. The summed E-state index contributed by atoms with van der Waals surface area (Å²) in [7, 11) is 0. The number of fused-ring (bicyclic) bond motifs is 1. The van der Waals surface area contributed by atoms with E-state index in [0.29, 0.717) is 12.4 Å². The first-order valence-corrected chi connectivity index (χ1v) is 6.51. The van der Waals surface area contributed by atoms with Crippen LogP contribution in [0.15, 0.2) is 12.4 Å². The smallest absolute Gasteiger partial charge is 0.319 e. The highest BCUT2D eigenvalue weighted by atomic mass is 19.3. The van der Waals surface area contributed by atoms with Gasteiger partial charge in [-0.1, -0.05) is 0 Å². The molecular weight excluding hydrogens is 250 g/mol. The van der Waals surface area contributed by atoms with Crippen LogP contribution in [0.2, 0.25) is 0 Å². The van der Waals surface area contributed by atoms with Crippen molar-refractivity contribution in [2.24, 2.45) is 0 Å². The Kier molecular flexibility index (Phi) is 3.08. The molecule has 102 valence electrons. The van der Waals surface area contributed by atoms with Crippen molar-refractivity contribution in [3.63, 3.8) is 0 Å². The normalized spacial score (nSPS) is 14.9. The van der Waals surface area contributed by atoms with Crippen molar-refractivity contribution in [1.29, 1.82) is 0 Å². The van der Waals surface area contributed by atoms with E-state index in [0.717, 1.165) is 41.8 Å². The van der Waals surface area contributed by atoms with Crippen LogP contribution >= 0.6 is 0 Å². The van der Waals surface area contributed by atoms with E-state index in [2.05, 4.69) is 9.97 Å². The molecular formula is C13H16F2N4. The van der Waals surface area contributed by atoms with Gasteiger partial charge in [-0.2, -0.15) is 8.78 Å². The second-order valence-electron chi connectivity index (χ2n) is 4.87. The van der Waals surface area contributed by atoms with Crippen LogP contribution in [0, 0.1) is 6.92 Å². The number of aryl methyl sites for hydroxylation is 2. The molecule has 2 aromatic rings. The lowest BCUT2D eigenvalue weighted by molar-refractivity contribution is 0.0666. The Balaban J connectivity index is 1.95. The van der Waals surface area contributed by atoms with Gasteiger partial charge in [0.25, 0.3) is 0 Å². The summed E-state index contributed by atoms with van der Waals surface area (Å²) in [6.07, 6.45) is 7.01. The lowest BCUT2D eigenvalue weighted by Gasteiger charge is -2.15. The molecule has 0 fully saturated rings. The quantitative estimate of drug-likeness (QED) is 0.856. The lowest BCUT2D eigenvalue weighted by atomic mass is 10.0. The van der Waals surface area contributed by atoms with Gasteiger partial charge in [-0.3, -0.25) is 4.57 Å². The molecule has 2 aromatic heterocycles. The third kappa shape index (κ3) is 2.15. The molecule has 0 bridgehead atoms. The molecule has 19 heavy (non-hydrogen) atoms. The molecule has 1 aliphatic rings. The largest absolute Gasteiger partial charge is 0.324 e. The second-order valence-corrected chi connectivity index (χ2v) is 4.87. The number of halogens is 2. The van der Waals surface area contributed by atoms with E-state index in [4.69, 9.17) is 0 Å². The first-order chi connectivity index (χ1) is 9.16. The number of imidazole rings is 2. The van der Waals surface area contributed by atoms with Gasteiger partial charge in [0.2, 0.25) is 0 Å². The van der Waals surface area contributed by atoms with Crippen molar-refractivity contribution in [3.8, 4) is 0 Å². The Labute approximate surface area is 110 Å². The molecule has 6 heteroatoms. The summed E-state index contributed by atoms with van der Waals surface area (Å²) >= 11 is 0. The molecule has 3 rings (SSSR count). The molecule has 0 unspecified atom stereocenters. The number of nitrogens with zero attached hydrogens (tertiary/aromatic N) is 4. The first-order valence-electron chi connectivity index (χ1n) is 6.51. The van der Waals surface area contributed by atoms with E-state index >= 15 is 0 Å². The van der Waals surface area contributed by atoms with Crippen molar-refractivity contribution in [1.82, 2.24) is 19.1 Å². The average Bonchev–Trinajstić information content (AvgIpc) is 2.96. The van der Waals surface area contributed by atoms with Crippen LogP contribution in [-0.2, 0) is 19.4 Å². The van der Waals surface area contributed by atoms with E-state index in [9.17, 15) is 8.78 Å². The highest BCUT2D eigenvalue weighted by molar-refractivity contribution is 5.20. The Morgan fingerprint density at radius 3 is 2.89 bits per heavy atom. The fraction of sp³-hybridized carbons (Fsp3) is 0.538. The van der Waals surface area contributed by atoms with Crippen LogP contribution < -0.4 is 0 Å². The van der Waals surface area contributed by atoms with Crippen LogP contribution in [0.1, 0.15) is 42.4 Å². The van der Waals surface area contributed by atoms with Gasteiger partial charge in [0.1, 0.15) is 11.6 Å². The molecule has 0 aromatic carbocycles. The van der Waals surface area contributed by atoms with Crippen LogP contribution in [-0.4, -0.2) is 19.1 Å². The summed E-state index contributed by atoms with van der Waals surface area (Å²) in [6.45, 7) is -0.253. The summed E-state index contributed by atoms with van der Waals surface area (Å²) in [5.74, 6) is 1.26. The summed E-state index contributed by atoms with van der Waals surface area (Å²) in [5.41, 5.74) is 2.31. The fourth-order valence-electron chi connectivity index (χ4n) is 2.73. The Hall–Kier alpha value is -1.72.